The van der Waals surface area contributed by atoms with Crippen molar-refractivity contribution in [3.63, 3.8) is 0 Å². The van der Waals surface area contributed by atoms with E-state index in [0.717, 1.165) is 166 Å². The molecule has 0 unspecified atom stereocenters. The van der Waals surface area contributed by atoms with Crippen molar-refractivity contribution in [1.82, 2.24) is 0 Å². The Labute approximate surface area is 489 Å². The van der Waals surface area contributed by atoms with E-state index in [2.05, 4.69) is 265 Å². The minimum absolute atomic E-state index is 0.397. The van der Waals surface area contributed by atoms with Crippen molar-refractivity contribution in [1.29, 1.82) is 0 Å². The summed E-state index contributed by atoms with van der Waals surface area (Å²) in [6.07, 6.45) is 0. The van der Waals surface area contributed by atoms with E-state index in [0.29, 0.717) is 17.2 Å². The van der Waals surface area contributed by atoms with Gasteiger partial charge in [-0.05, 0) is 234 Å². The van der Waals surface area contributed by atoms with Gasteiger partial charge in [0, 0.05) is 32.8 Å². The molecule has 410 valence electrons. The summed E-state index contributed by atoms with van der Waals surface area (Å²) in [4.78, 5) is 0. The van der Waals surface area contributed by atoms with Gasteiger partial charge in [-0.1, -0.05) is 182 Å². The third-order valence-corrected chi connectivity index (χ3v) is 18.3. The second kappa shape index (κ2) is 21.7. The van der Waals surface area contributed by atoms with Crippen LogP contribution in [0.15, 0.2) is 200 Å². The molecule has 0 aliphatic carbocycles. The second-order valence-electron chi connectivity index (χ2n) is 22.9. The van der Waals surface area contributed by atoms with Crippen molar-refractivity contribution in [2.24, 2.45) is 0 Å². The quantitative estimate of drug-likeness (QED) is 0.114. The van der Waals surface area contributed by atoms with Crippen LogP contribution in [-0.2, 0) is 4.57 Å². The molecule has 0 aliphatic heterocycles. The topological polar surface area (TPSA) is 44.8 Å². The Morgan fingerprint density at radius 2 is 0.422 bits per heavy atom. The molecule has 0 atom stereocenters. The van der Waals surface area contributed by atoms with Crippen LogP contribution >= 0.6 is 7.82 Å². The van der Waals surface area contributed by atoms with E-state index < -0.39 is 7.82 Å². The Morgan fingerprint density at radius 3 is 0.639 bits per heavy atom. The van der Waals surface area contributed by atoms with Gasteiger partial charge in [-0.3, -0.25) is 0 Å². The molecular weight excluding hydrogens is 1030 g/mol. The zero-order valence-corrected chi connectivity index (χ0v) is 50.5. The molecule has 0 aliphatic rings. The summed E-state index contributed by atoms with van der Waals surface area (Å²) >= 11 is 0. The molecule has 0 heterocycles. The van der Waals surface area contributed by atoms with Gasteiger partial charge in [0.25, 0.3) is 0 Å². The number of benzene rings is 12. The molecule has 0 spiro atoms. The lowest BCUT2D eigenvalue weighted by Gasteiger charge is -2.29. The Kier molecular flexibility index (Phi) is 14.3. The predicted molar refractivity (Wildman–Crippen MR) is 351 cm³/mol. The first-order valence-electron chi connectivity index (χ1n) is 28.8. The van der Waals surface area contributed by atoms with Gasteiger partial charge in [-0.2, -0.15) is 4.57 Å². The lowest BCUT2D eigenvalue weighted by atomic mass is 9.84. The minimum atomic E-state index is -5.14. The highest BCUT2D eigenvalue weighted by atomic mass is 31.2. The zero-order valence-electron chi connectivity index (χ0n) is 49.6. The Hall–Kier alpha value is -8.95. The summed E-state index contributed by atoms with van der Waals surface area (Å²) in [6, 6.07) is 70.0. The number of phosphoric ester groups is 1. The number of phosphoric acid groups is 1. The molecule has 12 rings (SSSR count). The lowest BCUT2D eigenvalue weighted by Crippen LogP contribution is -2.12. The van der Waals surface area contributed by atoms with Gasteiger partial charge in [0.1, 0.15) is 17.2 Å². The first-order chi connectivity index (χ1) is 40.0. The maximum absolute atomic E-state index is 18.4. The number of hydrogen-bond donors (Lipinski definition) is 0. The van der Waals surface area contributed by atoms with Crippen LogP contribution in [0, 0.1) is 83.1 Å². The minimum Gasteiger partial charge on any atom is -0.385 e. The number of rotatable bonds is 12. The van der Waals surface area contributed by atoms with E-state index in [4.69, 9.17) is 13.6 Å². The molecule has 12 aromatic carbocycles. The number of aryl methyl sites for hydroxylation is 12. The average Bonchev–Trinajstić information content (AvgIpc) is 2.25. The van der Waals surface area contributed by atoms with Crippen LogP contribution in [-0.4, -0.2) is 0 Å². The molecule has 0 saturated carbocycles. The van der Waals surface area contributed by atoms with E-state index in [1.807, 2.05) is 18.2 Å². The molecule has 83 heavy (non-hydrogen) atoms. The van der Waals surface area contributed by atoms with Crippen LogP contribution in [0.2, 0.25) is 0 Å². The van der Waals surface area contributed by atoms with Gasteiger partial charge < -0.3 is 13.6 Å². The number of fused-ring (bicyclic) bond motifs is 3. The van der Waals surface area contributed by atoms with Crippen LogP contribution in [0.1, 0.15) is 66.8 Å². The van der Waals surface area contributed by atoms with Crippen LogP contribution in [0.3, 0.4) is 0 Å². The first kappa shape index (κ1) is 54.6. The van der Waals surface area contributed by atoms with Crippen LogP contribution in [0.5, 0.6) is 17.2 Å². The molecule has 0 radical (unpaired) electrons. The van der Waals surface area contributed by atoms with Gasteiger partial charge >= 0.3 is 7.82 Å². The molecule has 0 aromatic heterocycles. The van der Waals surface area contributed by atoms with E-state index in [1.54, 1.807) is 0 Å². The highest BCUT2D eigenvalue weighted by molar-refractivity contribution is 7.50. The maximum Gasteiger partial charge on any atom is 0.647 e. The van der Waals surface area contributed by atoms with E-state index >= 15 is 4.57 Å². The maximum atomic E-state index is 18.4. The van der Waals surface area contributed by atoms with Crippen molar-refractivity contribution < 1.29 is 18.1 Å². The Balaban J connectivity index is 1.27. The van der Waals surface area contributed by atoms with Gasteiger partial charge in [0.2, 0.25) is 0 Å². The average molecular weight is 1100 g/mol. The van der Waals surface area contributed by atoms with Crippen molar-refractivity contribution in [3.8, 4) is 84.0 Å². The van der Waals surface area contributed by atoms with Gasteiger partial charge in [-0.15, -0.1) is 0 Å². The molecule has 0 fully saturated rings. The molecule has 0 saturated heterocycles. The fraction of sp³-hybridized carbons (Fsp3) is 0.154. The summed E-state index contributed by atoms with van der Waals surface area (Å²) in [5.41, 5.74) is 24.4. The molecule has 0 N–H and O–H groups in total. The number of hydrogen-bond acceptors (Lipinski definition) is 4. The summed E-state index contributed by atoms with van der Waals surface area (Å²) in [6.45, 7) is 25.8. The highest BCUT2D eigenvalue weighted by Gasteiger charge is 2.41. The normalized spacial score (nSPS) is 11.7. The lowest BCUT2D eigenvalue weighted by molar-refractivity contribution is 0.303. The predicted octanol–water partition coefficient (Wildman–Crippen LogP) is 22.5. The van der Waals surface area contributed by atoms with E-state index in [1.165, 1.54) is 0 Å². The summed E-state index contributed by atoms with van der Waals surface area (Å²) in [7, 11) is -5.14. The van der Waals surface area contributed by atoms with Gasteiger partial charge in [-0.25, -0.2) is 0 Å². The van der Waals surface area contributed by atoms with Crippen LogP contribution < -0.4 is 13.6 Å². The third-order valence-electron chi connectivity index (χ3n) is 17.1. The Morgan fingerprint density at radius 1 is 0.229 bits per heavy atom. The molecule has 12 aromatic rings. The van der Waals surface area contributed by atoms with Crippen molar-refractivity contribution >= 4 is 40.1 Å². The van der Waals surface area contributed by atoms with Crippen molar-refractivity contribution in [2.75, 3.05) is 0 Å². The highest BCUT2D eigenvalue weighted by Crippen LogP contribution is 2.62. The second-order valence-corrected chi connectivity index (χ2v) is 24.3. The van der Waals surface area contributed by atoms with Crippen LogP contribution in [0.25, 0.3) is 99.1 Å². The molecule has 0 bridgehead atoms. The van der Waals surface area contributed by atoms with E-state index in [-0.39, 0.29) is 0 Å². The Bertz CT molecular complexity index is 4070. The monoisotopic (exact) mass is 1100 g/mol. The molecular formula is C78H69O4P. The molecule has 4 nitrogen and oxygen atoms in total. The van der Waals surface area contributed by atoms with Gasteiger partial charge in [0.15, 0.2) is 0 Å². The fourth-order valence-electron chi connectivity index (χ4n) is 13.3. The third kappa shape index (κ3) is 9.69. The standard InChI is InChI=1S/C78H69O4P/c1-46-25-19-26-47(2)67(46)64-43-58-37-13-16-40-61(58)76(73(64)70-52(7)31-22-32-53(70)8)80-83(79,81-77-62-41-17-14-38-59(62)44-65(68-48(3)27-20-28-49(68)4)74(77)71-54(9)33-23-34-55(71)10)82-78-63-42-18-15-39-60(63)45-66(69-50(5)29-21-30-51(69)6)75(78)72-56(11)35-24-36-57(72)12/h13-45H,1-12H3. The van der Waals surface area contributed by atoms with E-state index in [9.17, 15) is 0 Å². The van der Waals surface area contributed by atoms with Gasteiger partial charge in [0.05, 0.1) is 0 Å². The molecule has 0 amide bonds. The SMILES string of the molecule is Cc1cccc(C)c1-c1cc2ccccc2c(OP(=O)(Oc2c(-c3c(C)cccc3C)c(-c3c(C)cccc3C)cc3ccccc23)Oc2c(-c3c(C)cccc3C)c(-c3c(C)cccc3C)cc3ccccc23)c1-c1c(C)cccc1C. The van der Waals surface area contributed by atoms with Crippen LogP contribution in [0.4, 0.5) is 0 Å². The largest absolute Gasteiger partial charge is 0.647 e. The fourth-order valence-corrected chi connectivity index (χ4v) is 14.7. The smallest absolute Gasteiger partial charge is 0.385 e. The first-order valence-corrected chi connectivity index (χ1v) is 30.2. The van der Waals surface area contributed by atoms with Crippen molar-refractivity contribution in [3.05, 3.63) is 267 Å². The summed E-state index contributed by atoms with van der Waals surface area (Å²) in [5, 5.41) is 5.04. The summed E-state index contributed by atoms with van der Waals surface area (Å²) < 4.78 is 42.0. The zero-order chi connectivity index (χ0) is 58.0. The summed E-state index contributed by atoms with van der Waals surface area (Å²) in [5.74, 6) is 1.19. The molecule has 5 heteroatoms. The van der Waals surface area contributed by atoms with Crippen molar-refractivity contribution in [2.45, 2.75) is 83.1 Å².